The Kier molecular flexibility index (Phi) is 15.1. The van der Waals surface area contributed by atoms with Crippen LogP contribution in [0.1, 0.15) is 78.6 Å². The summed E-state index contributed by atoms with van der Waals surface area (Å²) in [5, 5.41) is 8.47. The van der Waals surface area contributed by atoms with Gasteiger partial charge in [0, 0.05) is 0 Å². The summed E-state index contributed by atoms with van der Waals surface area (Å²) >= 11 is 0. The van der Waals surface area contributed by atoms with Crippen molar-refractivity contribution in [2.45, 2.75) is 78.6 Å². The number of carboxylic acid groups (broad SMARTS) is 1. The molecule has 1 N–H and O–H groups in total. The van der Waals surface area contributed by atoms with Crippen LogP contribution < -0.4 is 9.47 Å². The zero-order valence-corrected chi connectivity index (χ0v) is 16.5. The van der Waals surface area contributed by atoms with Gasteiger partial charge in [0.25, 0.3) is 0 Å². The molecule has 0 aliphatic carbocycles. The fraction of sp³-hybridized carbons (Fsp3) is 0.619. The Morgan fingerprint density at radius 1 is 0.808 bits per heavy atom. The second-order valence-corrected chi connectivity index (χ2v) is 6.13. The van der Waals surface area contributed by atoms with E-state index in [-0.39, 0.29) is 0 Å². The normalized spacial score (nSPS) is 9.81. The first-order chi connectivity index (χ1) is 12.5. The molecule has 148 valence electrons. The Balaban J connectivity index is 0.00000141. The van der Waals surface area contributed by atoms with E-state index in [1.54, 1.807) is 24.3 Å². The molecule has 0 saturated carbocycles. The molecule has 0 radical (unpaired) electrons. The molecule has 0 heterocycles. The lowest BCUT2D eigenvalue weighted by atomic mass is 10.1. The average Bonchev–Trinajstić information content (AvgIpc) is 2.62. The number of hydrogen-bond acceptors (Lipinski definition) is 4. The molecule has 1 aromatic rings. The van der Waals surface area contributed by atoms with Crippen molar-refractivity contribution in [1.82, 2.24) is 0 Å². The van der Waals surface area contributed by atoms with Crippen molar-refractivity contribution in [3.8, 4) is 11.5 Å². The summed E-state index contributed by atoms with van der Waals surface area (Å²) in [5.41, 5.74) is 0. The third kappa shape index (κ3) is 14.3. The number of benzene rings is 1. The summed E-state index contributed by atoms with van der Waals surface area (Å²) in [6.07, 6.45) is 9.27. The molecule has 1 aromatic carbocycles. The van der Waals surface area contributed by atoms with Crippen LogP contribution in [-0.4, -0.2) is 23.7 Å². The van der Waals surface area contributed by atoms with E-state index >= 15 is 0 Å². The van der Waals surface area contributed by atoms with Crippen LogP contribution >= 0.6 is 0 Å². The monoisotopic (exact) mass is 366 g/mol. The predicted molar refractivity (Wildman–Crippen MR) is 104 cm³/mol. The van der Waals surface area contributed by atoms with Gasteiger partial charge in [-0.15, -0.1) is 0 Å². The summed E-state index contributed by atoms with van der Waals surface area (Å²) < 4.78 is 10.5. The van der Waals surface area contributed by atoms with Gasteiger partial charge in [0.15, 0.2) is 0 Å². The number of ether oxygens (including phenoxy) is 2. The van der Waals surface area contributed by atoms with Gasteiger partial charge in [-0.3, -0.25) is 9.59 Å². The maximum atomic E-state index is 11.2. The van der Waals surface area contributed by atoms with Crippen molar-refractivity contribution in [3.05, 3.63) is 24.3 Å². The van der Waals surface area contributed by atoms with Gasteiger partial charge < -0.3 is 14.6 Å². The number of hydrogen-bond donors (Lipinski definition) is 1. The number of carbonyl (C=O) groups is 2. The van der Waals surface area contributed by atoms with Crippen molar-refractivity contribution < 1.29 is 24.2 Å². The largest absolute Gasteiger partial charge is 0.494 e. The Morgan fingerprint density at radius 2 is 1.35 bits per heavy atom. The Morgan fingerprint density at radius 3 is 1.88 bits per heavy atom. The number of aliphatic carboxylic acids is 1. The van der Waals surface area contributed by atoms with Crippen LogP contribution in [0.25, 0.3) is 0 Å². The van der Waals surface area contributed by atoms with Crippen molar-refractivity contribution in [3.63, 3.8) is 0 Å². The van der Waals surface area contributed by atoms with E-state index in [9.17, 15) is 9.59 Å². The second-order valence-electron chi connectivity index (χ2n) is 6.13. The predicted octanol–water partition coefficient (Wildman–Crippen LogP) is 5.61. The third-order valence-electron chi connectivity index (χ3n) is 3.62. The molecule has 0 atom stereocenters. The molecule has 0 aliphatic rings. The van der Waals surface area contributed by atoms with E-state index in [0.29, 0.717) is 18.1 Å². The smallest absolute Gasteiger partial charge is 0.322 e. The molecule has 0 saturated heterocycles. The molecule has 0 bridgehead atoms. The van der Waals surface area contributed by atoms with Crippen LogP contribution in [0.2, 0.25) is 0 Å². The SMILES string of the molecule is CCCC.CCCCCCCCOc1ccc(OC(=O)CC(=O)O)cc1. The van der Waals surface area contributed by atoms with Crippen molar-refractivity contribution in [1.29, 1.82) is 0 Å². The van der Waals surface area contributed by atoms with Crippen molar-refractivity contribution in [2.24, 2.45) is 0 Å². The van der Waals surface area contributed by atoms with Crippen LogP contribution in [0.5, 0.6) is 11.5 Å². The third-order valence-corrected chi connectivity index (χ3v) is 3.62. The first-order valence-corrected chi connectivity index (χ1v) is 9.68. The van der Waals surface area contributed by atoms with Crippen molar-refractivity contribution >= 4 is 11.9 Å². The molecule has 1 rings (SSSR count). The molecule has 0 unspecified atom stereocenters. The molecule has 5 heteroatoms. The molecule has 0 aliphatic heterocycles. The quantitative estimate of drug-likeness (QED) is 0.225. The summed E-state index contributed by atoms with van der Waals surface area (Å²) in [4.78, 5) is 21.6. The molecule has 26 heavy (non-hydrogen) atoms. The lowest BCUT2D eigenvalue weighted by Gasteiger charge is -2.07. The molecule has 0 amide bonds. The van der Waals surface area contributed by atoms with Crippen LogP contribution in [0, 0.1) is 0 Å². The molecule has 0 fully saturated rings. The summed E-state index contributed by atoms with van der Waals surface area (Å²) in [6.45, 7) is 7.23. The van der Waals surface area contributed by atoms with E-state index < -0.39 is 18.4 Å². The first-order valence-electron chi connectivity index (χ1n) is 9.68. The van der Waals surface area contributed by atoms with E-state index in [1.807, 2.05) is 0 Å². The first kappa shape index (κ1) is 24.0. The molecule has 0 aromatic heterocycles. The van der Waals surface area contributed by atoms with Gasteiger partial charge in [-0.05, 0) is 30.7 Å². The number of unbranched alkanes of at least 4 members (excludes halogenated alkanes) is 6. The topological polar surface area (TPSA) is 72.8 Å². The highest BCUT2D eigenvalue weighted by Gasteiger charge is 2.09. The molecular formula is C21H34O5. The maximum absolute atomic E-state index is 11.2. The number of carboxylic acids is 1. The van der Waals surface area contributed by atoms with Crippen molar-refractivity contribution in [2.75, 3.05) is 6.61 Å². The Bertz CT molecular complexity index is 480. The lowest BCUT2D eigenvalue weighted by molar-refractivity contribution is -0.145. The standard InChI is InChI=1S/C17H24O5.C4H10/c1-2-3-4-5-6-7-12-21-14-8-10-15(11-9-14)22-17(20)13-16(18)19;1-3-4-2/h8-11H,2-7,12-13H2,1H3,(H,18,19);3-4H2,1-2H3. The summed E-state index contributed by atoms with van der Waals surface area (Å²) in [5.74, 6) is -0.957. The maximum Gasteiger partial charge on any atom is 0.322 e. The highest BCUT2D eigenvalue weighted by molar-refractivity contribution is 5.91. The van der Waals surface area contributed by atoms with Gasteiger partial charge >= 0.3 is 11.9 Å². The van der Waals surface area contributed by atoms with Gasteiger partial charge in [0.2, 0.25) is 0 Å². The number of carbonyl (C=O) groups excluding carboxylic acids is 1. The summed E-state index contributed by atoms with van der Waals surface area (Å²) in [7, 11) is 0. The lowest BCUT2D eigenvalue weighted by Crippen LogP contribution is -2.13. The number of rotatable bonds is 12. The number of esters is 1. The van der Waals surface area contributed by atoms with E-state index in [4.69, 9.17) is 14.6 Å². The highest BCUT2D eigenvalue weighted by atomic mass is 16.5. The van der Waals surface area contributed by atoms with Gasteiger partial charge in [0.05, 0.1) is 6.61 Å². The van der Waals surface area contributed by atoms with Gasteiger partial charge in [0.1, 0.15) is 17.9 Å². The van der Waals surface area contributed by atoms with Crippen LogP contribution in [0.4, 0.5) is 0 Å². The van der Waals surface area contributed by atoms with E-state index in [0.717, 1.165) is 6.42 Å². The second kappa shape index (κ2) is 16.4. The van der Waals surface area contributed by atoms with Crippen LogP contribution in [0.15, 0.2) is 24.3 Å². The average molecular weight is 366 g/mol. The van der Waals surface area contributed by atoms with Gasteiger partial charge in [-0.25, -0.2) is 0 Å². The Labute approximate surface area is 157 Å². The minimum absolute atomic E-state index is 0.318. The fourth-order valence-electron chi connectivity index (χ4n) is 1.97. The highest BCUT2D eigenvalue weighted by Crippen LogP contribution is 2.18. The molecule has 5 nitrogen and oxygen atoms in total. The minimum atomic E-state index is -1.20. The summed E-state index contributed by atoms with van der Waals surface area (Å²) in [6, 6.07) is 6.60. The zero-order valence-electron chi connectivity index (χ0n) is 16.5. The van der Waals surface area contributed by atoms with Gasteiger partial charge in [-0.2, -0.15) is 0 Å². The zero-order chi connectivity index (χ0) is 19.6. The minimum Gasteiger partial charge on any atom is -0.494 e. The van der Waals surface area contributed by atoms with E-state index in [1.165, 1.54) is 44.9 Å². The molecular weight excluding hydrogens is 332 g/mol. The fourth-order valence-corrected chi connectivity index (χ4v) is 1.97. The van der Waals surface area contributed by atoms with Gasteiger partial charge in [-0.1, -0.05) is 65.7 Å². The molecule has 0 spiro atoms. The Hall–Kier alpha value is -2.04. The van der Waals surface area contributed by atoms with Crippen LogP contribution in [0.3, 0.4) is 0 Å². The van der Waals surface area contributed by atoms with Crippen LogP contribution in [-0.2, 0) is 9.59 Å². The van der Waals surface area contributed by atoms with E-state index in [2.05, 4.69) is 20.8 Å².